The zero-order valence-corrected chi connectivity index (χ0v) is 16.6. The number of halogens is 2. The second-order valence-corrected chi connectivity index (χ2v) is 8.13. The molecule has 0 radical (unpaired) electrons. The van der Waals surface area contributed by atoms with Gasteiger partial charge < -0.3 is 9.73 Å². The van der Waals surface area contributed by atoms with E-state index in [0.717, 1.165) is 53.0 Å². The highest BCUT2D eigenvalue weighted by atomic mass is 32.1. The Morgan fingerprint density at radius 2 is 1.87 bits per heavy atom. The number of carbonyl (C=O) groups is 1. The Hall–Kier alpha value is -3.32. The zero-order chi connectivity index (χ0) is 20.7. The fourth-order valence-electron chi connectivity index (χ4n) is 3.72. The number of carbonyl (C=O) groups excluding carboxylic acids is 1. The van der Waals surface area contributed by atoms with Crippen LogP contribution in [0.2, 0.25) is 0 Å². The summed E-state index contributed by atoms with van der Waals surface area (Å²) >= 11 is 1.33. The molecular formula is C23H16F2N2O2S. The fraction of sp³-hybridized carbons (Fsp3) is 0.130. The molecule has 30 heavy (non-hydrogen) atoms. The van der Waals surface area contributed by atoms with E-state index >= 15 is 0 Å². The first-order valence-electron chi connectivity index (χ1n) is 9.51. The van der Waals surface area contributed by atoms with E-state index in [-0.39, 0.29) is 0 Å². The van der Waals surface area contributed by atoms with Gasteiger partial charge in [-0.3, -0.25) is 4.79 Å². The third kappa shape index (κ3) is 3.31. The average molecular weight is 422 g/mol. The molecule has 0 fully saturated rings. The van der Waals surface area contributed by atoms with Crippen LogP contribution in [0.5, 0.6) is 0 Å². The molecule has 2 heterocycles. The minimum atomic E-state index is -0.803. The molecule has 2 aromatic carbocycles. The van der Waals surface area contributed by atoms with Crippen LogP contribution in [0, 0.1) is 11.6 Å². The van der Waals surface area contributed by atoms with Crippen LogP contribution in [0.3, 0.4) is 0 Å². The quantitative estimate of drug-likeness (QED) is 0.435. The van der Waals surface area contributed by atoms with Crippen LogP contribution in [-0.4, -0.2) is 10.9 Å². The summed E-state index contributed by atoms with van der Waals surface area (Å²) < 4.78 is 33.3. The van der Waals surface area contributed by atoms with Gasteiger partial charge in [0, 0.05) is 10.4 Å². The molecular weight excluding hydrogens is 406 g/mol. The number of amides is 1. The molecule has 0 aliphatic heterocycles. The predicted molar refractivity (Wildman–Crippen MR) is 112 cm³/mol. The largest absolute Gasteiger partial charge is 0.445 e. The molecule has 5 rings (SSSR count). The number of nitrogens with one attached hydrogen (secondary N) is 1. The number of hydrogen-bond donors (Lipinski definition) is 1. The minimum Gasteiger partial charge on any atom is -0.445 e. The summed E-state index contributed by atoms with van der Waals surface area (Å²) in [4.78, 5) is 18.4. The number of aromatic nitrogens is 1. The molecule has 0 unspecified atom stereocenters. The minimum absolute atomic E-state index is 0.414. The number of anilines is 1. The highest BCUT2D eigenvalue weighted by Crippen LogP contribution is 2.40. The second kappa shape index (κ2) is 7.50. The van der Waals surface area contributed by atoms with E-state index < -0.39 is 23.2 Å². The molecule has 0 atom stereocenters. The lowest BCUT2D eigenvalue weighted by molar-refractivity contribution is 0.102. The van der Waals surface area contributed by atoms with Crippen molar-refractivity contribution in [3.8, 4) is 21.9 Å². The number of hydrogen-bond acceptors (Lipinski definition) is 4. The maximum Gasteiger partial charge on any atom is 0.265 e. The van der Waals surface area contributed by atoms with E-state index in [1.165, 1.54) is 29.2 Å². The molecule has 150 valence electrons. The smallest absolute Gasteiger partial charge is 0.265 e. The second-order valence-electron chi connectivity index (χ2n) is 7.08. The lowest BCUT2D eigenvalue weighted by Gasteiger charge is -2.08. The molecule has 4 nitrogen and oxygen atoms in total. The van der Waals surface area contributed by atoms with Crippen LogP contribution in [0.25, 0.3) is 21.9 Å². The van der Waals surface area contributed by atoms with Crippen molar-refractivity contribution in [1.82, 2.24) is 4.98 Å². The Morgan fingerprint density at radius 3 is 2.63 bits per heavy atom. The number of thiophene rings is 1. The topological polar surface area (TPSA) is 55.1 Å². The number of fused-ring (bicyclic) bond motifs is 3. The molecule has 1 amide bonds. The van der Waals surface area contributed by atoms with Crippen LogP contribution in [0.4, 0.5) is 14.5 Å². The number of para-hydroxylation sites is 1. The van der Waals surface area contributed by atoms with Gasteiger partial charge in [0.2, 0.25) is 5.89 Å². The average Bonchev–Trinajstić information content (AvgIpc) is 3.39. The summed E-state index contributed by atoms with van der Waals surface area (Å²) in [7, 11) is 0. The maximum atomic E-state index is 13.9. The first kappa shape index (κ1) is 18.7. The molecule has 4 aromatic rings. The Labute approximate surface area is 175 Å². The van der Waals surface area contributed by atoms with Gasteiger partial charge in [0.1, 0.15) is 23.6 Å². The molecule has 7 heteroatoms. The van der Waals surface area contributed by atoms with E-state index in [1.54, 1.807) is 6.20 Å². The third-order valence-corrected chi connectivity index (χ3v) is 6.37. The lowest BCUT2D eigenvalue weighted by Crippen LogP contribution is -2.12. The van der Waals surface area contributed by atoms with Gasteiger partial charge in [0.25, 0.3) is 5.91 Å². The van der Waals surface area contributed by atoms with Crippen molar-refractivity contribution in [2.45, 2.75) is 19.3 Å². The third-order valence-electron chi connectivity index (χ3n) is 5.16. The van der Waals surface area contributed by atoms with Crippen LogP contribution < -0.4 is 5.32 Å². The van der Waals surface area contributed by atoms with Gasteiger partial charge >= 0.3 is 0 Å². The molecule has 0 saturated carbocycles. The van der Waals surface area contributed by atoms with Crippen LogP contribution in [-0.2, 0) is 12.8 Å². The molecule has 1 aliphatic carbocycles. The van der Waals surface area contributed by atoms with Crippen molar-refractivity contribution in [2.75, 3.05) is 5.32 Å². The summed E-state index contributed by atoms with van der Waals surface area (Å²) in [6.45, 7) is 0. The highest BCUT2D eigenvalue weighted by molar-refractivity contribution is 7.17. The van der Waals surface area contributed by atoms with E-state index in [2.05, 4.69) is 16.4 Å². The van der Waals surface area contributed by atoms with E-state index in [0.29, 0.717) is 10.8 Å². The zero-order valence-electron chi connectivity index (χ0n) is 15.7. The first-order chi connectivity index (χ1) is 14.6. The van der Waals surface area contributed by atoms with Crippen LogP contribution in [0.15, 0.2) is 59.3 Å². The maximum absolute atomic E-state index is 13.9. The van der Waals surface area contributed by atoms with Crippen molar-refractivity contribution in [1.29, 1.82) is 0 Å². The Kier molecular flexibility index (Phi) is 4.67. The lowest BCUT2D eigenvalue weighted by atomic mass is 10.0. The first-order valence-corrected chi connectivity index (χ1v) is 10.3. The van der Waals surface area contributed by atoms with Gasteiger partial charge in [-0.15, -0.1) is 11.3 Å². The van der Waals surface area contributed by atoms with Crippen molar-refractivity contribution in [2.24, 2.45) is 0 Å². The Morgan fingerprint density at radius 1 is 1.07 bits per heavy atom. The number of benzene rings is 2. The van der Waals surface area contributed by atoms with Crippen LogP contribution >= 0.6 is 11.3 Å². The molecule has 0 spiro atoms. The van der Waals surface area contributed by atoms with Crippen LogP contribution in [0.1, 0.15) is 27.2 Å². The fourth-order valence-corrected chi connectivity index (χ4v) is 4.88. The van der Waals surface area contributed by atoms with Crippen molar-refractivity contribution < 1.29 is 18.0 Å². The molecule has 0 saturated heterocycles. The molecule has 1 N–H and O–H groups in total. The van der Waals surface area contributed by atoms with E-state index in [1.807, 2.05) is 18.2 Å². The van der Waals surface area contributed by atoms with Gasteiger partial charge in [0.15, 0.2) is 0 Å². The summed E-state index contributed by atoms with van der Waals surface area (Å²) in [5, 5.41) is 2.37. The number of nitrogens with zero attached hydrogens (tertiary/aromatic N) is 1. The summed E-state index contributed by atoms with van der Waals surface area (Å²) in [6, 6.07) is 11.4. The number of oxazole rings is 1. The van der Waals surface area contributed by atoms with Gasteiger partial charge in [-0.1, -0.05) is 12.1 Å². The Balaban J connectivity index is 1.53. The van der Waals surface area contributed by atoms with Gasteiger partial charge in [-0.05, 0) is 66.3 Å². The van der Waals surface area contributed by atoms with Gasteiger partial charge in [-0.25, -0.2) is 13.8 Å². The standard InChI is InChI=1S/C23H16F2N2O2S/c24-17-5-2-6-18(25)20(17)27-22(28)19-12-14-4-1-3-13-7-8-15(23-26-9-10-29-23)11-16(13)21(14)30-19/h2,5-12H,1,3-4H2,(H,27,28). The van der Waals surface area contributed by atoms with Crippen molar-refractivity contribution in [3.05, 3.63) is 82.6 Å². The van der Waals surface area contributed by atoms with E-state index in [4.69, 9.17) is 4.42 Å². The van der Waals surface area contributed by atoms with Crippen molar-refractivity contribution in [3.63, 3.8) is 0 Å². The molecule has 0 bridgehead atoms. The highest BCUT2D eigenvalue weighted by Gasteiger charge is 2.22. The van der Waals surface area contributed by atoms with E-state index in [9.17, 15) is 13.6 Å². The monoisotopic (exact) mass is 422 g/mol. The molecule has 1 aliphatic rings. The molecule has 2 aromatic heterocycles. The number of rotatable bonds is 3. The Bertz CT molecular complexity index is 1230. The number of aryl methyl sites for hydroxylation is 2. The summed E-state index contributed by atoms with van der Waals surface area (Å²) in [5.41, 5.74) is 3.72. The normalized spacial score (nSPS) is 12.7. The van der Waals surface area contributed by atoms with Gasteiger partial charge in [0.05, 0.1) is 11.1 Å². The summed E-state index contributed by atoms with van der Waals surface area (Å²) in [5.74, 6) is -1.60. The predicted octanol–water partition coefficient (Wildman–Crippen LogP) is 6.09. The SMILES string of the molecule is O=C(Nc1c(F)cccc1F)c1cc2c(s1)-c1cc(-c3ncco3)ccc1CCC2. The van der Waals surface area contributed by atoms with Gasteiger partial charge in [-0.2, -0.15) is 0 Å². The van der Waals surface area contributed by atoms with Crippen molar-refractivity contribution >= 4 is 22.9 Å². The summed E-state index contributed by atoms with van der Waals surface area (Å²) in [6.07, 6.45) is 5.85.